The monoisotopic (exact) mass is 358 g/mol. The van der Waals surface area contributed by atoms with Gasteiger partial charge in [-0.15, -0.1) is 49.6 Å². The van der Waals surface area contributed by atoms with Crippen LogP contribution in [0.2, 0.25) is 0 Å². The van der Waals surface area contributed by atoms with Crippen LogP contribution in [-0.4, -0.2) is 11.7 Å². The number of nitrogens with two attached hydrogens (primary N) is 4. The third-order valence-corrected chi connectivity index (χ3v) is 3.31. The first-order valence-corrected chi connectivity index (χ1v) is 5.18. The third-order valence-electron chi connectivity index (χ3n) is 3.31. The van der Waals surface area contributed by atoms with Crippen molar-refractivity contribution < 1.29 is 0 Å². The summed E-state index contributed by atoms with van der Waals surface area (Å²) in [5.74, 6) is 0. The van der Waals surface area contributed by atoms with E-state index in [1.54, 1.807) is 0 Å². The molecular formula is C12H18Cl4N4. The normalized spacial score (nSPS) is 20.4. The molecule has 1 aromatic carbocycles. The van der Waals surface area contributed by atoms with E-state index in [-0.39, 0.29) is 49.6 Å². The van der Waals surface area contributed by atoms with Crippen LogP contribution in [0.5, 0.6) is 0 Å². The molecule has 4 nitrogen and oxygen atoms in total. The molecule has 0 amide bonds. The van der Waals surface area contributed by atoms with E-state index in [1.807, 2.05) is 30.3 Å². The molecule has 0 fully saturated rings. The molecule has 1 atom stereocenters. The highest BCUT2D eigenvalue weighted by atomic mass is 35.5. The Balaban J connectivity index is 0. The van der Waals surface area contributed by atoms with Gasteiger partial charge in [-0.05, 0) is 22.8 Å². The van der Waals surface area contributed by atoms with Crippen molar-refractivity contribution in [3.63, 3.8) is 0 Å². The fraction of sp³-hybridized carbons (Fsp3) is 0.167. The summed E-state index contributed by atoms with van der Waals surface area (Å²) >= 11 is 0. The molecule has 0 radical (unpaired) electrons. The molecular weight excluding hydrogens is 342 g/mol. The molecule has 0 saturated carbocycles. The molecule has 0 aromatic heterocycles. The first-order chi connectivity index (χ1) is 7.52. The van der Waals surface area contributed by atoms with E-state index in [0.717, 1.165) is 22.3 Å². The van der Waals surface area contributed by atoms with Crippen LogP contribution in [0.15, 0.2) is 36.0 Å². The Bertz CT molecular complexity index is 554. The van der Waals surface area contributed by atoms with Crippen LogP contribution in [0.25, 0.3) is 11.1 Å². The molecule has 20 heavy (non-hydrogen) atoms. The van der Waals surface area contributed by atoms with Crippen molar-refractivity contribution in [1.29, 1.82) is 0 Å². The molecule has 0 heterocycles. The van der Waals surface area contributed by atoms with Gasteiger partial charge in [-0.3, -0.25) is 0 Å². The van der Waals surface area contributed by atoms with Gasteiger partial charge >= 0.3 is 0 Å². The molecule has 0 saturated heterocycles. The minimum atomic E-state index is -1.06. The SMILES string of the molecule is Cl.Cl.Cl.Cl.NC1=C2C(=CC(N)(N)C1N)c1ccccc12. The van der Waals surface area contributed by atoms with Crippen molar-refractivity contribution in [2.75, 3.05) is 0 Å². The standard InChI is InChI=1S/C12H14N4.4ClH/c13-10-9-7-4-2-1-3-6(7)8(9)5-12(15,16)11(10)14;;;;/h1-5,11H,13-16H2;4*1H. The van der Waals surface area contributed by atoms with Crippen LogP contribution < -0.4 is 22.9 Å². The average molecular weight is 360 g/mol. The highest BCUT2D eigenvalue weighted by molar-refractivity contribution is 6.18. The van der Waals surface area contributed by atoms with Crippen molar-refractivity contribution >= 4 is 60.8 Å². The number of hydrogen-bond acceptors (Lipinski definition) is 4. The Morgan fingerprint density at radius 1 is 0.900 bits per heavy atom. The van der Waals surface area contributed by atoms with Gasteiger partial charge in [0.05, 0.1) is 6.04 Å². The minimum absolute atomic E-state index is 0. The van der Waals surface area contributed by atoms with Crippen LogP contribution >= 0.6 is 49.6 Å². The van der Waals surface area contributed by atoms with Gasteiger partial charge in [0.1, 0.15) is 5.66 Å². The van der Waals surface area contributed by atoms with Crippen LogP contribution in [0.4, 0.5) is 0 Å². The Kier molecular flexibility index (Phi) is 7.64. The first-order valence-electron chi connectivity index (χ1n) is 5.18. The van der Waals surface area contributed by atoms with Gasteiger partial charge in [-0.2, -0.15) is 0 Å². The predicted octanol–water partition coefficient (Wildman–Crippen LogP) is 1.40. The molecule has 2 aliphatic carbocycles. The zero-order valence-electron chi connectivity index (χ0n) is 10.4. The van der Waals surface area contributed by atoms with Gasteiger partial charge in [-0.25, -0.2) is 0 Å². The van der Waals surface area contributed by atoms with Crippen LogP contribution in [-0.2, 0) is 0 Å². The minimum Gasteiger partial charge on any atom is -0.400 e. The lowest BCUT2D eigenvalue weighted by molar-refractivity contribution is 0.471. The first kappa shape index (κ1) is 21.8. The smallest absolute Gasteiger partial charge is 0.105 e. The van der Waals surface area contributed by atoms with Gasteiger partial charge in [0.25, 0.3) is 0 Å². The molecule has 0 aliphatic heterocycles. The van der Waals surface area contributed by atoms with Crippen LogP contribution in [0.3, 0.4) is 0 Å². The second kappa shape index (κ2) is 7.00. The quantitative estimate of drug-likeness (QED) is 0.525. The molecule has 3 rings (SSSR count). The van der Waals surface area contributed by atoms with Gasteiger partial charge < -0.3 is 22.9 Å². The molecule has 8 heteroatoms. The summed E-state index contributed by atoms with van der Waals surface area (Å²) in [6.07, 6.45) is 1.81. The molecule has 8 N–H and O–H groups in total. The van der Waals surface area contributed by atoms with E-state index in [9.17, 15) is 0 Å². The lowest BCUT2D eigenvalue weighted by atomic mass is 9.70. The molecule has 0 spiro atoms. The summed E-state index contributed by atoms with van der Waals surface area (Å²) in [6, 6.07) is 7.50. The van der Waals surface area contributed by atoms with Gasteiger partial charge in [-0.1, -0.05) is 24.3 Å². The Morgan fingerprint density at radius 3 is 1.95 bits per heavy atom. The zero-order valence-corrected chi connectivity index (χ0v) is 13.7. The second-order valence-corrected chi connectivity index (χ2v) is 4.41. The van der Waals surface area contributed by atoms with Crippen LogP contribution in [0, 0.1) is 0 Å². The summed E-state index contributed by atoms with van der Waals surface area (Å²) in [7, 11) is 0. The van der Waals surface area contributed by atoms with E-state index in [2.05, 4.69) is 0 Å². The van der Waals surface area contributed by atoms with E-state index in [1.165, 1.54) is 0 Å². The molecule has 2 aliphatic rings. The molecule has 114 valence electrons. The van der Waals surface area contributed by atoms with Crippen molar-refractivity contribution in [2.24, 2.45) is 22.9 Å². The fourth-order valence-corrected chi connectivity index (χ4v) is 2.38. The van der Waals surface area contributed by atoms with Crippen molar-refractivity contribution in [3.05, 3.63) is 47.2 Å². The van der Waals surface area contributed by atoms with Crippen molar-refractivity contribution in [1.82, 2.24) is 0 Å². The Labute approximate surface area is 142 Å². The highest BCUT2D eigenvalue weighted by Crippen LogP contribution is 2.49. The van der Waals surface area contributed by atoms with Gasteiger partial charge in [0, 0.05) is 11.3 Å². The van der Waals surface area contributed by atoms with E-state index < -0.39 is 11.7 Å². The fourth-order valence-electron chi connectivity index (χ4n) is 2.38. The Hall–Kier alpha value is -0.460. The molecule has 1 unspecified atom stereocenters. The summed E-state index contributed by atoms with van der Waals surface area (Å²) in [6.45, 7) is 0. The van der Waals surface area contributed by atoms with Crippen molar-refractivity contribution in [3.8, 4) is 0 Å². The number of hydrogen-bond donors (Lipinski definition) is 4. The maximum absolute atomic E-state index is 6.01. The number of fused-ring (bicyclic) bond motifs is 4. The van der Waals surface area contributed by atoms with E-state index >= 15 is 0 Å². The summed E-state index contributed by atoms with van der Waals surface area (Å²) < 4.78 is 0. The summed E-state index contributed by atoms with van der Waals surface area (Å²) in [5, 5.41) is 0. The van der Waals surface area contributed by atoms with Crippen LogP contribution in [0.1, 0.15) is 11.1 Å². The number of rotatable bonds is 0. The number of allylic oxidation sites excluding steroid dienone is 2. The largest absolute Gasteiger partial charge is 0.400 e. The maximum atomic E-state index is 6.01. The molecule has 1 aromatic rings. The zero-order chi connectivity index (χ0) is 11.5. The molecule has 0 bridgehead atoms. The topological polar surface area (TPSA) is 104 Å². The van der Waals surface area contributed by atoms with E-state index in [4.69, 9.17) is 22.9 Å². The third kappa shape index (κ3) is 2.78. The Morgan fingerprint density at radius 2 is 1.40 bits per heavy atom. The summed E-state index contributed by atoms with van der Waals surface area (Å²) in [4.78, 5) is 0. The lowest BCUT2D eigenvalue weighted by Crippen LogP contribution is -2.64. The lowest BCUT2D eigenvalue weighted by Gasteiger charge is -2.40. The second-order valence-electron chi connectivity index (χ2n) is 4.41. The highest BCUT2D eigenvalue weighted by Gasteiger charge is 2.40. The summed E-state index contributed by atoms with van der Waals surface area (Å²) in [5.41, 5.74) is 27.6. The van der Waals surface area contributed by atoms with Gasteiger partial charge in [0.15, 0.2) is 0 Å². The van der Waals surface area contributed by atoms with Crippen molar-refractivity contribution in [2.45, 2.75) is 11.7 Å². The van der Waals surface area contributed by atoms with E-state index in [0.29, 0.717) is 5.70 Å². The van der Waals surface area contributed by atoms with Gasteiger partial charge in [0.2, 0.25) is 0 Å². The number of benzene rings is 1. The average Bonchev–Trinajstić information content (AvgIpc) is 2.24. The number of halogens is 4. The maximum Gasteiger partial charge on any atom is 0.105 e. The predicted molar refractivity (Wildman–Crippen MR) is 93.6 cm³/mol.